The van der Waals surface area contributed by atoms with Gasteiger partial charge in [0.05, 0.1) is 11.2 Å². The van der Waals surface area contributed by atoms with Crippen LogP contribution in [0.25, 0.3) is 16.6 Å². The fraction of sp³-hybridized carbons (Fsp3) is 0.333. The monoisotopic (exact) mass is 530 g/mol. The lowest BCUT2D eigenvalue weighted by molar-refractivity contribution is -0.141. The zero-order valence-corrected chi connectivity index (χ0v) is 21.0. The third-order valence-corrected chi connectivity index (χ3v) is 7.37. The lowest BCUT2D eigenvalue weighted by Gasteiger charge is -2.30. The van der Waals surface area contributed by atoms with Crippen LogP contribution in [0.1, 0.15) is 41.4 Å². The molecule has 1 fully saturated rings. The van der Waals surface area contributed by atoms with Crippen LogP contribution in [0.5, 0.6) is 5.75 Å². The van der Waals surface area contributed by atoms with Crippen molar-refractivity contribution in [2.45, 2.75) is 38.1 Å². The molecule has 0 spiro atoms. The first-order valence-corrected chi connectivity index (χ1v) is 12.0. The van der Waals surface area contributed by atoms with Crippen LogP contribution < -0.4 is 10.3 Å². The van der Waals surface area contributed by atoms with Gasteiger partial charge in [-0.2, -0.15) is 13.2 Å². The zero-order valence-electron chi connectivity index (χ0n) is 20.2. The van der Waals surface area contributed by atoms with Gasteiger partial charge < -0.3 is 9.30 Å². The average Bonchev–Trinajstić information content (AvgIpc) is 3.45. The second-order valence-corrected chi connectivity index (χ2v) is 9.47. The topological polar surface area (TPSA) is 52.3 Å². The molecule has 0 bridgehead atoms. The summed E-state index contributed by atoms with van der Waals surface area (Å²) in [6.45, 7) is 2.27. The van der Waals surface area contributed by atoms with Crippen molar-refractivity contribution in [1.29, 1.82) is 0 Å². The smallest absolute Gasteiger partial charge is 0.433 e. The van der Waals surface area contributed by atoms with Gasteiger partial charge in [0.2, 0.25) is 0 Å². The number of hydrogen-bond donors (Lipinski definition) is 0. The molecule has 0 amide bonds. The predicted octanol–water partition coefficient (Wildman–Crippen LogP) is 5.44. The Hall–Kier alpha value is -3.30. The highest BCUT2D eigenvalue weighted by atomic mass is 35.5. The van der Waals surface area contributed by atoms with E-state index in [-0.39, 0.29) is 24.6 Å². The van der Waals surface area contributed by atoms with Crippen LogP contribution in [-0.2, 0) is 26.3 Å². The fourth-order valence-corrected chi connectivity index (χ4v) is 5.61. The summed E-state index contributed by atoms with van der Waals surface area (Å²) in [6.07, 6.45) is 1.76. The van der Waals surface area contributed by atoms with Gasteiger partial charge in [-0.25, -0.2) is 0 Å². The highest BCUT2D eigenvalue weighted by molar-refractivity contribution is 5.88. The first-order valence-electron chi connectivity index (χ1n) is 12.0. The maximum Gasteiger partial charge on any atom is 0.433 e. The lowest BCUT2D eigenvalue weighted by Crippen LogP contribution is -2.31. The number of aromatic nitrogens is 3. The van der Waals surface area contributed by atoms with Gasteiger partial charge in [0.1, 0.15) is 18.1 Å². The molecule has 0 radical (unpaired) electrons. The molecule has 37 heavy (non-hydrogen) atoms. The molecular weight excluding hydrogens is 505 g/mol. The Kier molecular flexibility index (Phi) is 6.53. The van der Waals surface area contributed by atoms with Crippen molar-refractivity contribution >= 4 is 23.3 Å². The molecule has 6 nitrogen and oxygen atoms in total. The molecule has 2 aliphatic heterocycles. The number of rotatable bonds is 4. The number of pyridine rings is 2. The molecule has 5 heterocycles. The Balaban J connectivity index is 0.00000280. The minimum absolute atomic E-state index is 0. The fourth-order valence-electron chi connectivity index (χ4n) is 5.61. The molecule has 194 valence electrons. The Bertz CT molecular complexity index is 1510. The van der Waals surface area contributed by atoms with E-state index in [1.54, 1.807) is 16.8 Å². The number of aryl methyl sites for hydroxylation is 1. The Morgan fingerprint density at radius 3 is 2.68 bits per heavy atom. The minimum Gasteiger partial charge on any atom is -0.489 e. The normalized spacial score (nSPS) is 17.4. The molecule has 2 aliphatic rings. The van der Waals surface area contributed by atoms with Crippen molar-refractivity contribution < 1.29 is 17.9 Å². The van der Waals surface area contributed by atoms with Crippen LogP contribution >= 0.6 is 12.4 Å². The van der Waals surface area contributed by atoms with Crippen molar-refractivity contribution in [2.24, 2.45) is 7.05 Å². The number of halogens is 4. The van der Waals surface area contributed by atoms with Crippen molar-refractivity contribution in [1.82, 2.24) is 19.0 Å². The second-order valence-electron chi connectivity index (χ2n) is 9.47. The van der Waals surface area contributed by atoms with Gasteiger partial charge in [0.25, 0.3) is 5.56 Å². The minimum atomic E-state index is -4.48. The Labute approximate surface area is 217 Å². The molecule has 0 N–H and O–H groups in total. The number of ether oxygens (including phenoxy) is 1. The largest absolute Gasteiger partial charge is 0.489 e. The molecule has 0 aliphatic carbocycles. The highest BCUT2D eigenvalue weighted by Gasteiger charge is 2.35. The summed E-state index contributed by atoms with van der Waals surface area (Å²) in [5.41, 5.74) is 3.99. The van der Waals surface area contributed by atoms with Gasteiger partial charge in [-0.1, -0.05) is 12.1 Å². The molecule has 10 heteroatoms. The molecule has 0 saturated carbocycles. The molecule has 1 unspecified atom stereocenters. The van der Waals surface area contributed by atoms with E-state index in [1.807, 2.05) is 6.07 Å². The van der Waals surface area contributed by atoms with Crippen molar-refractivity contribution in [2.75, 3.05) is 13.1 Å². The number of nitrogens with zero attached hydrogens (tertiary/aromatic N) is 4. The first-order chi connectivity index (χ1) is 17.3. The van der Waals surface area contributed by atoms with E-state index in [0.29, 0.717) is 17.4 Å². The molecule has 1 saturated heterocycles. The van der Waals surface area contributed by atoms with E-state index in [1.165, 1.54) is 41.6 Å². The summed E-state index contributed by atoms with van der Waals surface area (Å²) in [5, 5.41) is 1.26. The summed E-state index contributed by atoms with van der Waals surface area (Å²) in [6, 6.07) is 11.9. The molecule has 1 aromatic carbocycles. The van der Waals surface area contributed by atoms with Crippen LogP contribution in [0, 0.1) is 0 Å². The van der Waals surface area contributed by atoms with E-state index in [0.717, 1.165) is 43.0 Å². The van der Waals surface area contributed by atoms with Gasteiger partial charge in [-0.3, -0.25) is 19.2 Å². The van der Waals surface area contributed by atoms with Gasteiger partial charge in [0, 0.05) is 61.2 Å². The molecular formula is C27H26ClF3N4O2. The summed E-state index contributed by atoms with van der Waals surface area (Å²) >= 11 is 0. The standard InChI is InChI=1S/C27H25F3N4O2.ClH/c1-32-21-9-11-33-10-2-3-22(33)26(21)20-6-5-18(13-23(20)32)34-12-8-19(14-25(34)35)36-16-17-4-7-24(31-15-17)27(28,29)30;/h4-8,12-15,22H,2-3,9-11,16H2,1H3;1H. The van der Waals surface area contributed by atoms with Crippen molar-refractivity contribution in [3.63, 3.8) is 0 Å². The van der Waals surface area contributed by atoms with E-state index in [4.69, 9.17) is 4.74 Å². The Morgan fingerprint density at radius 2 is 1.95 bits per heavy atom. The van der Waals surface area contributed by atoms with E-state index in [9.17, 15) is 18.0 Å². The van der Waals surface area contributed by atoms with E-state index in [2.05, 4.69) is 33.6 Å². The maximum absolute atomic E-state index is 12.9. The van der Waals surface area contributed by atoms with Crippen LogP contribution in [0.2, 0.25) is 0 Å². The zero-order chi connectivity index (χ0) is 25.0. The third-order valence-electron chi connectivity index (χ3n) is 7.37. The number of fused-ring (bicyclic) bond motifs is 5. The van der Waals surface area contributed by atoms with E-state index < -0.39 is 11.9 Å². The number of hydrogen-bond acceptors (Lipinski definition) is 4. The summed E-state index contributed by atoms with van der Waals surface area (Å²) in [7, 11) is 2.10. The number of alkyl halides is 3. The summed E-state index contributed by atoms with van der Waals surface area (Å²) in [4.78, 5) is 18.9. The van der Waals surface area contributed by atoms with Crippen molar-refractivity contribution in [3.8, 4) is 11.4 Å². The second kappa shape index (κ2) is 9.54. The summed E-state index contributed by atoms with van der Waals surface area (Å²) in [5.74, 6) is 0.341. The third kappa shape index (κ3) is 4.51. The predicted molar refractivity (Wildman–Crippen MR) is 137 cm³/mol. The maximum atomic E-state index is 12.9. The molecule has 1 atom stereocenters. The van der Waals surface area contributed by atoms with Gasteiger partial charge in [-0.15, -0.1) is 12.4 Å². The van der Waals surface area contributed by atoms with Gasteiger partial charge in [0.15, 0.2) is 0 Å². The average molecular weight is 531 g/mol. The van der Waals surface area contributed by atoms with Crippen LogP contribution in [0.4, 0.5) is 13.2 Å². The molecule has 6 rings (SSSR count). The van der Waals surface area contributed by atoms with E-state index >= 15 is 0 Å². The van der Waals surface area contributed by atoms with Crippen LogP contribution in [0.15, 0.2) is 59.7 Å². The molecule has 4 aromatic rings. The van der Waals surface area contributed by atoms with Gasteiger partial charge >= 0.3 is 6.18 Å². The summed E-state index contributed by atoms with van der Waals surface area (Å²) < 4.78 is 47.5. The van der Waals surface area contributed by atoms with Crippen LogP contribution in [-0.4, -0.2) is 32.1 Å². The SMILES string of the molecule is Cl.Cn1c2c(c3ccc(-n4ccc(OCc5ccc(C(F)(F)F)nc5)cc4=O)cc31)C1CCCN1CC2. The highest BCUT2D eigenvalue weighted by Crippen LogP contribution is 2.42. The van der Waals surface area contributed by atoms with Crippen molar-refractivity contribution in [3.05, 3.63) is 87.7 Å². The number of benzene rings is 1. The molecule has 3 aromatic heterocycles. The van der Waals surface area contributed by atoms with Crippen LogP contribution in [0.3, 0.4) is 0 Å². The van der Waals surface area contributed by atoms with Gasteiger partial charge in [-0.05, 0) is 49.2 Å². The Morgan fingerprint density at radius 1 is 1.11 bits per heavy atom. The first kappa shape index (κ1) is 25.4. The lowest BCUT2D eigenvalue weighted by atomic mass is 9.96. The quantitative estimate of drug-likeness (QED) is 0.353.